The van der Waals surface area contributed by atoms with Crippen LogP contribution in [-0.4, -0.2) is 68.2 Å². The van der Waals surface area contributed by atoms with Crippen LogP contribution in [0.25, 0.3) is 0 Å². The molecule has 0 radical (unpaired) electrons. The van der Waals surface area contributed by atoms with E-state index in [0.717, 1.165) is 48.4 Å². The largest absolute Gasteiger partial charge is 0.350 e. The molecule has 3 aliphatic rings. The van der Waals surface area contributed by atoms with E-state index in [1.54, 1.807) is 0 Å². The van der Waals surface area contributed by atoms with E-state index in [0.29, 0.717) is 53.9 Å². The Morgan fingerprint density at radius 3 is 2.59 bits per heavy atom. The second-order valence-electron chi connectivity index (χ2n) is 11.5. The number of alkyl halides is 1. The van der Waals surface area contributed by atoms with E-state index >= 15 is 4.39 Å². The maximum absolute atomic E-state index is 15.1. The third-order valence-corrected chi connectivity index (χ3v) is 8.91. The number of Topliss-reactive ketones (excluding diaryl/α,β-unsaturated/α-hetero) is 1. The number of hydrogen-bond donors (Lipinski definition) is 2. The fourth-order valence-corrected chi connectivity index (χ4v) is 6.53. The molecular weight excluding hydrogens is 513 g/mol. The molecule has 2 saturated heterocycles. The summed E-state index contributed by atoms with van der Waals surface area (Å²) in [6, 6.07) is 12.3. The molecule has 0 bridgehead atoms. The van der Waals surface area contributed by atoms with Crippen molar-refractivity contribution in [3.63, 3.8) is 0 Å². The molecule has 39 heavy (non-hydrogen) atoms. The number of carbonyl (C=O) groups is 1. The van der Waals surface area contributed by atoms with Gasteiger partial charge in [-0.05, 0) is 88.4 Å². The zero-order chi connectivity index (χ0) is 27.1. The van der Waals surface area contributed by atoms with Crippen molar-refractivity contribution >= 4 is 35.0 Å². The van der Waals surface area contributed by atoms with Crippen molar-refractivity contribution in [1.82, 2.24) is 25.1 Å². The van der Waals surface area contributed by atoms with E-state index in [1.807, 2.05) is 48.2 Å². The molecule has 8 nitrogen and oxygen atoms in total. The number of halogens is 1. The SMILES string of the molecule is Cc1cc(Nc2cc(N3CC(F)(C4CC4)C3)nc(Sc3ccc(CC(=O)[C@H]4CCCN4C(C)C)cc3)n2)n[nH]1. The highest BCUT2D eigenvalue weighted by molar-refractivity contribution is 7.99. The molecule has 0 amide bonds. The summed E-state index contributed by atoms with van der Waals surface area (Å²) in [4.78, 5) is 27.8. The van der Waals surface area contributed by atoms with E-state index in [-0.39, 0.29) is 12.0 Å². The number of benzene rings is 1. The van der Waals surface area contributed by atoms with Gasteiger partial charge in [0.2, 0.25) is 0 Å². The van der Waals surface area contributed by atoms with E-state index in [2.05, 4.69) is 34.3 Å². The molecule has 10 heteroatoms. The first kappa shape index (κ1) is 26.3. The minimum absolute atomic E-state index is 0.0314. The molecule has 4 heterocycles. The minimum Gasteiger partial charge on any atom is -0.350 e. The van der Waals surface area contributed by atoms with Crippen LogP contribution in [0.1, 0.15) is 50.8 Å². The molecule has 2 aromatic heterocycles. The van der Waals surface area contributed by atoms with Crippen molar-refractivity contribution in [2.24, 2.45) is 5.92 Å². The van der Waals surface area contributed by atoms with Gasteiger partial charge in [-0.3, -0.25) is 14.8 Å². The Balaban J connectivity index is 1.16. The minimum atomic E-state index is -1.09. The van der Waals surface area contributed by atoms with Crippen LogP contribution < -0.4 is 10.2 Å². The Kier molecular flexibility index (Phi) is 7.09. The average Bonchev–Trinajstić information content (AvgIpc) is 3.48. The van der Waals surface area contributed by atoms with Crippen molar-refractivity contribution in [1.29, 1.82) is 0 Å². The predicted octanol–water partition coefficient (Wildman–Crippen LogP) is 5.33. The first-order chi connectivity index (χ1) is 18.8. The molecule has 0 spiro atoms. The number of hydrogen-bond acceptors (Lipinski definition) is 8. The fraction of sp³-hybridized carbons (Fsp3) is 0.517. The summed E-state index contributed by atoms with van der Waals surface area (Å²) in [7, 11) is 0. The van der Waals surface area contributed by atoms with E-state index in [9.17, 15) is 4.79 Å². The topological polar surface area (TPSA) is 90.0 Å². The molecule has 3 fully saturated rings. The zero-order valence-electron chi connectivity index (χ0n) is 22.8. The molecule has 206 valence electrons. The van der Waals surface area contributed by atoms with E-state index in [4.69, 9.17) is 9.97 Å². The standard InChI is InChI=1S/C29H36FN7OS/c1-18(2)37-12-4-5-23(37)24(38)14-20-6-10-22(11-7-20)39-28-32-25(31-26-13-19(3)34-35-26)15-27(33-28)36-16-29(30,17-36)21-8-9-21/h6-7,10-11,13,15,18,21,23H,4-5,8-9,12,14,16-17H2,1-3H3,(H2,31,32,33,34,35)/t23-/m1/s1. The maximum Gasteiger partial charge on any atom is 0.196 e. The van der Waals surface area contributed by atoms with Crippen LogP contribution >= 0.6 is 11.8 Å². The molecule has 2 aliphatic heterocycles. The highest BCUT2D eigenvalue weighted by Crippen LogP contribution is 2.48. The van der Waals surface area contributed by atoms with Gasteiger partial charge in [0.05, 0.1) is 19.1 Å². The summed E-state index contributed by atoms with van der Waals surface area (Å²) in [6.07, 6.45) is 4.46. The molecule has 1 aromatic carbocycles. The van der Waals surface area contributed by atoms with Crippen molar-refractivity contribution < 1.29 is 9.18 Å². The molecule has 0 unspecified atom stereocenters. The summed E-state index contributed by atoms with van der Waals surface area (Å²) in [5, 5.41) is 11.0. The Morgan fingerprint density at radius 1 is 1.15 bits per heavy atom. The van der Waals surface area contributed by atoms with Crippen LogP contribution in [-0.2, 0) is 11.2 Å². The van der Waals surface area contributed by atoms with Crippen LogP contribution in [0, 0.1) is 12.8 Å². The third kappa shape index (κ3) is 5.82. The summed E-state index contributed by atoms with van der Waals surface area (Å²) in [5.74, 6) is 2.49. The van der Waals surface area contributed by atoms with Crippen molar-refractivity contribution in [3.8, 4) is 0 Å². The van der Waals surface area contributed by atoms with Gasteiger partial charge < -0.3 is 10.2 Å². The second kappa shape index (κ2) is 10.5. The quantitative estimate of drug-likeness (QED) is 0.328. The molecule has 1 saturated carbocycles. The number of H-pyrrole nitrogens is 1. The number of likely N-dealkylation sites (tertiary alicyclic amines) is 1. The summed E-state index contributed by atoms with van der Waals surface area (Å²) in [5.41, 5.74) is 0.869. The van der Waals surface area contributed by atoms with Gasteiger partial charge in [0.25, 0.3) is 0 Å². The molecule has 6 rings (SSSR count). The van der Waals surface area contributed by atoms with E-state index < -0.39 is 5.67 Å². The highest BCUT2D eigenvalue weighted by Gasteiger charge is 2.54. The first-order valence-electron chi connectivity index (χ1n) is 13.9. The van der Waals surface area contributed by atoms with Gasteiger partial charge in [-0.25, -0.2) is 14.4 Å². The zero-order valence-corrected chi connectivity index (χ0v) is 23.6. The van der Waals surface area contributed by atoms with Crippen LogP contribution in [0.15, 0.2) is 46.5 Å². The van der Waals surface area contributed by atoms with Gasteiger partial charge in [0.15, 0.2) is 16.8 Å². The Hall–Kier alpha value is -2.98. The maximum atomic E-state index is 15.1. The summed E-state index contributed by atoms with van der Waals surface area (Å²) < 4.78 is 15.1. The Bertz CT molecular complexity index is 1330. The highest BCUT2D eigenvalue weighted by atomic mass is 32.2. The lowest BCUT2D eigenvalue weighted by Crippen LogP contribution is -2.60. The lowest BCUT2D eigenvalue weighted by molar-refractivity contribution is -0.123. The summed E-state index contributed by atoms with van der Waals surface area (Å²) >= 11 is 1.46. The Morgan fingerprint density at radius 2 is 1.92 bits per heavy atom. The molecule has 2 N–H and O–H groups in total. The third-order valence-electron chi connectivity index (χ3n) is 8.03. The molecule has 1 aliphatic carbocycles. The van der Waals surface area contributed by atoms with Gasteiger partial charge in [-0.1, -0.05) is 12.1 Å². The van der Waals surface area contributed by atoms with Crippen LogP contribution in [0.5, 0.6) is 0 Å². The first-order valence-corrected chi connectivity index (χ1v) is 14.7. The lowest BCUT2D eigenvalue weighted by Gasteiger charge is -2.45. The number of anilines is 3. The smallest absolute Gasteiger partial charge is 0.196 e. The fourth-order valence-electron chi connectivity index (χ4n) is 5.76. The lowest BCUT2D eigenvalue weighted by atomic mass is 9.91. The average molecular weight is 550 g/mol. The van der Waals surface area contributed by atoms with Crippen molar-refractivity contribution in [2.75, 3.05) is 29.9 Å². The number of carbonyl (C=O) groups excluding carboxylic acids is 1. The number of nitrogens with zero attached hydrogens (tertiary/aromatic N) is 5. The normalized spacial score (nSPS) is 20.8. The molecular formula is C29H36FN7OS. The second-order valence-corrected chi connectivity index (χ2v) is 12.5. The number of aromatic nitrogens is 4. The number of ketones is 1. The van der Waals surface area contributed by atoms with Gasteiger partial charge in [-0.15, -0.1) is 0 Å². The van der Waals surface area contributed by atoms with Gasteiger partial charge in [0.1, 0.15) is 17.3 Å². The van der Waals surface area contributed by atoms with Crippen LogP contribution in [0.3, 0.4) is 0 Å². The number of aromatic amines is 1. The Labute approximate surface area is 233 Å². The van der Waals surface area contributed by atoms with E-state index in [1.165, 1.54) is 11.8 Å². The number of nitrogens with one attached hydrogen (secondary N) is 2. The molecule has 3 aromatic rings. The monoisotopic (exact) mass is 549 g/mol. The van der Waals surface area contributed by atoms with Crippen molar-refractivity contribution in [3.05, 3.63) is 47.7 Å². The van der Waals surface area contributed by atoms with Gasteiger partial charge in [0, 0.05) is 35.2 Å². The van der Waals surface area contributed by atoms with Crippen molar-refractivity contribution in [2.45, 2.75) is 80.7 Å². The number of aryl methyl sites for hydroxylation is 1. The van der Waals surface area contributed by atoms with Crippen LogP contribution in [0.4, 0.5) is 21.8 Å². The summed E-state index contributed by atoms with van der Waals surface area (Å²) in [6.45, 7) is 8.01. The van der Waals surface area contributed by atoms with Crippen LogP contribution in [0.2, 0.25) is 0 Å². The predicted molar refractivity (Wildman–Crippen MR) is 152 cm³/mol. The number of rotatable bonds is 10. The van der Waals surface area contributed by atoms with Gasteiger partial charge in [-0.2, -0.15) is 5.10 Å². The van der Waals surface area contributed by atoms with Gasteiger partial charge >= 0.3 is 0 Å². The molecule has 1 atom stereocenters.